The smallest absolute Gasteiger partial charge is 0.385 e. The number of alkyl halides is 5. The number of carbonyl (C=O) groups excluding carboxylic acids is 1. The van der Waals surface area contributed by atoms with Crippen molar-refractivity contribution in [3.63, 3.8) is 0 Å². The molecule has 1 aromatic heterocycles. The average Bonchev–Trinajstić information content (AvgIpc) is 2.96. The van der Waals surface area contributed by atoms with E-state index in [1.165, 1.54) is 17.9 Å². The first kappa shape index (κ1) is 23.7. The minimum Gasteiger partial charge on any atom is -0.385 e. The highest BCUT2D eigenvalue weighted by molar-refractivity contribution is 6.32. The second-order valence-electron chi connectivity index (χ2n) is 7.35. The van der Waals surface area contributed by atoms with Crippen LogP contribution in [0.4, 0.5) is 22.0 Å². The van der Waals surface area contributed by atoms with E-state index in [-0.39, 0.29) is 48.8 Å². The van der Waals surface area contributed by atoms with Gasteiger partial charge in [0.1, 0.15) is 12.2 Å². The molecule has 12 heteroatoms. The number of aliphatic hydroxyl groups is 1. The zero-order valence-electron chi connectivity index (χ0n) is 16.2. The van der Waals surface area contributed by atoms with E-state index in [1.54, 1.807) is 0 Å². The maximum Gasteiger partial charge on any atom is 0.417 e. The number of piperidine rings is 1. The van der Waals surface area contributed by atoms with Crippen LogP contribution in [-0.4, -0.2) is 38.8 Å². The minimum atomic E-state index is -4.67. The number of hydrogen-bond acceptors (Lipinski definition) is 3. The molecule has 0 aliphatic carbocycles. The van der Waals surface area contributed by atoms with E-state index >= 15 is 0 Å². The Hall–Kier alpha value is -1.91. The molecule has 0 spiro atoms. The summed E-state index contributed by atoms with van der Waals surface area (Å²) < 4.78 is 66.3. The Morgan fingerprint density at radius 3 is 2.39 bits per heavy atom. The van der Waals surface area contributed by atoms with E-state index in [4.69, 9.17) is 23.2 Å². The fraction of sp³-hybridized carbons (Fsp3) is 0.474. The molecule has 0 radical (unpaired) electrons. The molecule has 0 saturated carbocycles. The number of halogens is 7. The molecule has 1 aliphatic heterocycles. The first-order valence-corrected chi connectivity index (χ1v) is 9.97. The highest BCUT2D eigenvalue weighted by Crippen LogP contribution is 2.40. The van der Waals surface area contributed by atoms with Crippen molar-refractivity contribution in [3.8, 4) is 0 Å². The monoisotopic (exact) mass is 485 g/mol. The Balaban J connectivity index is 1.71. The molecule has 1 aliphatic rings. The van der Waals surface area contributed by atoms with Gasteiger partial charge in [0, 0.05) is 13.1 Å². The number of carbonyl (C=O) groups is 1. The molecular formula is C19H18Cl2F5N3O2. The van der Waals surface area contributed by atoms with E-state index in [1.807, 2.05) is 0 Å². The van der Waals surface area contributed by atoms with E-state index in [0.29, 0.717) is 0 Å². The lowest BCUT2D eigenvalue weighted by Gasteiger charge is -2.38. The summed E-state index contributed by atoms with van der Waals surface area (Å²) in [6.07, 6.45) is -7.55. The van der Waals surface area contributed by atoms with Crippen LogP contribution in [0, 0.1) is 6.92 Å². The van der Waals surface area contributed by atoms with Gasteiger partial charge >= 0.3 is 6.18 Å². The van der Waals surface area contributed by atoms with Crippen LogP contribution in [0.5, 0.6) is 0 Å². The van der Waals surface area contributed by atoms with Gasteiger partial charge in [-0.1, -0.05) is 29.3 Å². The van der Waals surface area contributed by atoms with Gasteiger partial charge in [0.05, 0.1) is 26.9 Å². The summed E-state index contributed by atoms with van der Waals surface area (Å²) in [5.41, 5.74) is -2.93. The summed E-state index contributed by atoms with van der Waals surface area (Å²) in [7, 11) is 0. The molecule has 1 aromatic carbocycles. The van der Waals surface area contributed by atoms with Crippen LogP contribution in [0.1, 0.15) is 41.8 Å². The number of nitrogens with zero attached hydrogens (tertiary/aromatic N) is 3. The van der Waals surface area contributed by atoms with E-state index in [2.05, 4.69) is 5.10 Å². The topological polar surface area (TPSA) is 58.4 Å². The van der Waals surface area contributed by atoms with Crippen molar-refractivity contribution in [1.82, 2.24) is 14.7 Å². The fourth-order valence-corrected chi connectivity index (χ4v) is 3.96. The molecule has 0 unspecified atom stereocenters. The van der Waals surface area contributed by atoms with Gasteiger partial charge in [-0.05, 0) is 37.5 Å². The van der Waals surface area contributed by atoms with Crippen molar-refractivity contribution in [2.24, 2.45) is 0 Å². The summed E-state index contributed by atoms with van der Waals surface area (Å²) in [6.45, 7) is 1.27. The van der Waals surface area contributed by atoms with Crippen molar-refractivity contribution in [3.05, 3.63) is 50.8 Å². The maximum absolute atomic E-state index is 13.1. The standard InChI is InChI=1S/C19H18Cl2F5N3O2/c1-10-15(21)16(17(22)23)27-29(10)9-14(30)28-6-4-18(31,5-7-28)11-2-3-13(20)12(8-11)19(24,25)26/h2-3,8,17,31H,4-7,9H2,1H3. The first-order chi connectivity index (χ1) is 14.3. The SMILES string of the molecule is Cc1c(Cl)c(C(F)F)nn1CC(=O)N1CCC(O)(c2ccc(Cl)c(C(F)(F)F)c2)CC1. The predicted octanol–water partition coefficient (Wildman–Crippen LogP) is 4.96. The van der Waals surface area contributed by atoms with E-state index in [9.17, 15) is 31.9 Å². The summed E-state index contributed by atoms with van der Waals surface area (Å²) in [5.74, 6) is -0.433. The van der Waals surface area contributed by atoms with Crippen molar-refractivity contribution in [2.75, 3.05) is 13.1 Å². The molecule has 0 atom stereocenters. The molecular weight excluding hydrogens is 468 g/mol. The quantitative estimate of drug-likeness (QED) is 0.622. The van der Waals surface area contributed by atoms with Crippen molar-refractivity contribution in [2.45, 2.75) is 44.5 Å². The van der Waals surface area contributed by atoms with E-state index in [0.717, 1.165) is 16.8 Å². The Bertz CT molecular complexity index is 986. The third kappa shape index (κ3) is 4.80. The van der Waals surface area contributed by atoms with E-state index < -0.39 is 40.4 Å². The lowest BCUT2D eigenvalue weighted by atomic mass is 9.83. The maximum atomic E-state index is 13.1. The fourth-order valence-electron chi connectivity index (χ4n) is 3.52. The van der Waals surface area contributed by atoms with Crippen molar-refractivity contribution < 1.29 is 31.9 Å². The van der Waals surface area contributed by atoms with Crippen LogP contribution < -0.4 is 0 Å². The Labute approximate surface area is 184 Å². The number of amides is 1. The zero-order valence-corrected chi connectivity index (χ0v) is 17.7. The van der Waals surface area contributed by atoms with Gasteiger partial charge in [0.2, 0.25) is 5.91 Å². The van der Waals surface area contributed by atoms with Crippen molar-refractivity contribution in [1.29, 1.82) is 0 Å². The molecule has 2 heterocycles. The second-order valence-corrected chi connectivity index (χ2v) is 8.13. The molecule has 5 nitrogen and oxygen atoms in total. The van der Waals surface area contributed by atoms with Gasteiger partial charge < -0.3 is 10.0 Å². The van der Waals surface area contributed by atoms with Crippen LogP contribution in [-0.2, 0) is 23.1 Å². The summed E-state index contributed by atoms with van der Waals surface area (Å²) >= 11 is 11.5. The Morgan fingerprint density at radius 1 is 1.26 bits per heavy atom. The Morgan fingerprint density at radius 2 is 1.87 bits per heavy atom. The highest BCUT2D eigenvalue weighted by Gasteiger charge is 2.39. The normalized spacial score (nSPS) is 16.8. The number of benzene rings is 1. The molecule has 3 rings (SSSR count). The molecule has 1 fully saturated rings. The summed E-state index contributed by atoms with van der Waals surface area (Å²) in [6, 6.07) is 3.23. The minimum absolute atomic E-state index is 0.00119. The van der Waals surface area contributed by atoms with Crippen LogP contribution in [0.3, 0.4) is 0 Å². The highest BCUT2D eigenvalue weighted by atomic mass is 35.5. The molecule has 1 N–H and O–H groups in total. The number of rotatable bonds is 4. The largest absolute Gasteiger partial charge is 0.417 e. The predicted molar refractivity (Wildman–Crippen MR) is 103 cm³/mol. The number of hydrogen-bond donors (Lipinski definition) is 1. The van der Waals surface area contributed by atoms with Gasteiger partial charge in [-0.25, -0.2) is 8.78 Å². The van der Waals surface area contributed by atoms with Crippen molar-refractivity contribution >= 4 is 29.1 Å². The third-order valence-electron chi connectivity index (χ3n) is 5.40. The van der Waals surface area contributed by atoms with Gasteiger partial charge in [0.25, 0.3) is 6.43 Å². The van der Waals surface area contributed by atoms with Gasteiger partial charge in [-0.2, -0.15) is 18.3 Å². The van der Waals surface area contributed by atoms with Crippen LogP contribution in [0.2, 0.25) is 10.0 Å². The zero-order chi connectivity index (χ0) is 23.1. The Kier molecular flexibility index (Phi) is 6.55. The van der Waals surface area contributed by atoms with Gasteiger partial charge in [0.15, 0.2) is 0 Å². The molecule has 170 valence electrons. The lowest BCUT2D eigenvalue weighted by molar-refractivity contribution is -0.137. The number of likely N-dealkylation sites (tertiary alicyclic amines) is 1. The number of aromatic nitrogens is 2. The van der Waals surface area contributed by atoms with Crippen LogP contribution in [0.15, 0.2) is 18.2 Å². The molecule has 1 saturated heterocycles. The van der Waals surface area contributed by atoms with Gasteiger partial charge in [-0.15, -0.1) is 0 Å². The molecule has 2 aromatic rings. The summed E-state index contributed by atoms with van der Waals surface area (Å²) in [4.78, 5) is 14.0. The first-order valence-electron chi connectivity index (χ1n) is 9.22. The van der Waals surface area contributed by atoms with Gasteiger partial charge in [-0.3, -0.25) is 9.48 Å². The summed E-state index contributed by atoms with van der Waals surface area (Å²) in [5, 5.41) is 13.9. The molecule has 1 amide bonds. The third-order valence-corrected chi connectivity index (χ3v) is 6.20. The molecule has 31 heavy (non-hydrogen) atoms. The molecule has 0 bridgehead atoms. The lowest BCUT2D eigenvalue weighted by Crippen LogP contribution is -2.46. The second kappa shape index (κ2) is 8.55. The average molecular weight is 486 g/mol. The van der Waals surface area contributed by atoms with Crippen LogP contribution >= 0.6 is 23.2 Å². The van der Waals surface area contributed by atoms with Crippen LogP contribution in [0.25, 0.3) is 0 Å².